The molecule has 11 nitrogen and oxygen atoms in total. The van der Waals surface area contributed by atoms with Crippen molar-refractivity contribution in [2.75, 3.05) is 27.3 Å². The van der Waals surface area contributed by atoms with E-state index in [2.05, 4.69) is 25.9 Å². The van der Waals surface area contributed by atoms with Gasteiger partial charge in [0.05, 0.1) is 48.0 Å². The first-order valence-corrected chi connectivity index (χ1v) is 17.2. The van der Waals surface area contributed by atoms with Crippen LogP contribution in [-0.2, 0) is 22.6 Å². The average molecular weight is 705 g/mol. The summed E-state index contributed by atoms with van der Waals surface area (Å²) in [5.41, 5.74) is 5.43. The summed E-state index contributed by atoms with van der Waals surface area (Å²) in [4.78, 5) is 41.8. The average Bonchev–Trinajstić information content (AvgIpc) is 3.74. The van der Waals surface area contributed by atoms with Gasteiger partial charge in [-0.2, -0.15) is 0 Å². The van der Waals surface area contributed by atoms with E-state index in [1.165, 1.54) is 0 Å². The molecule has 6 rings (SSSR count). The van der Waals surface area contributed by atoms with Crippen LogP contribution in [0.15, 0.2) is 48.8 Å². The zero-order chi connectivity index (χ0) is 34.3. The Morgan fingerprint density at radius 3 is 2.02 bits per heavy atom. The van der Waals surface area contributed by atoms with E-state index in [9.17, 15) is 9.59 Å². The third-order valence-electron chi connectivity index (χ3n) is 8.98. The smallest absolute Gasteiger partial charge is 0.237 e. The third-order valence-corrected chi connectivity index (χ3v) is 9.80. The van der Waals surface area contributed by atoms with Crippen molar-refractivity contribution in [3.8, 4) is 45.4 Å². The molecule has 0 unspecified atom stereocenters. The molecule has 2 aliphatic rings. The number of aromatic nitrogens is 4. The fourth-order valence-electron chi connectivity index (χ4n) is 6.34. The maximum absolute atomic E-state index is 11.5. The molecule has 2 atom stereocenters. The molecule has 0 spiro atoms. The van der Waals surface area contributed by atoms with Gasteiger partial charge in [-0.25, -0.2) is 9.97 Å². The van der Waals surface area contributed by atoms with E-state index in [4.69, 9.17) is 42.6 Å². The summed E-state index contributed by atoms with van der Waals surface area (Å²) in [5.74, 6) is 1.44. The normalized spacial score (nSPS) is 17.2. The van der Waals surface area contributed by atoms with Crippen LogP contribution < -0.4 is 25.4 Å². The lowest BCUT2D eigenvalue weighted by Gasteiger charge is -2.15. The van der Waals surface area contributed by atoms with Gasteiger partial charge in [0.15, 0.2) is 0 Å². The number of amides is 2. The second-order valence-electron chi connectivity index (χ2n) is 12.3. The summed E-state index contributed by atoms with van der Waals surface area (Å²) < 4.78 is 11.2. The van der Waals surface area contributed by atoms with Crippen LogP contribution in [0, 0.1) is 5.92 Å². The molecular weight excluding hydrogens is 665 g/mol. The van der Waals surface area contributed by atoms with E-state index in [0.717, 1.165) is 55.6 Å². The van der Waals surface area contributed by atoms with Gasteiger partial charge in [0.1, 0.15) is 11.4 Å². The first-order chi connectivity index (χ1) is 23.8. The minimum Gasteiger partial charge on any atom is -0.480 e. The molecule has 0 radical (unpaired) electrons. The molecule has 2 amide bonds. The Hall–Kier alpha value is -4.32. The molecule has 0 aliphatic carbocycles. The summed E-state index contributed by atoms with van der Waals surface area (Å²) in [7, 11) is 3.15. The van der Waals surface area contributed by atoms with Crippen molar-refractivity contribution >= 4 is 35.0 Å². The molecule has 2 aromatic carbocycles. The van der Waals surface area contributed by atoms with Gasteiger partial charge in [-0.05, 0) is 44.6 Å². The number of rotatable bonds is 14. The van der Waals surface area contributed by atoms with Crippen LogP contribution in [0.1, 0.15) is 49.9 Å². The molecule has 0 saturated carbocycles. The number of nitrogens with zero attached hydrogens (tertiary/aromatic N) is 4. The molecule has 13 heteroatoms. The first kappa shape index (κ1) is 34.5. The van der Waals surface area contributed by atoms with Crippen LogP contribution in [0.4, 0.5) is 0 Å². The quantitative estimate of drug-likeness (QED) is 0.139. The Bertz CT molecular complexity index is 1840. The molecule has 49 heavy (non-hydrogen) atoms. The Kier molecular flexibility index (Phi) is 11.2. The lowest BCUT2D eigenvalue weighted by molar-refractivity contribution is -0.120. The summed E-state index contributed by atoms with van der Waals surface area (Å²) in [5, 5.41) is 10.2. The highest BCUT2D eigenvalue weighted by molar-refractivity contribution is 6.39. The molecule has 2 saturated heterocycles. The Morgan fingerprint density at radius 2 is 1.45 bits per heavy atom. The SMILES string of the molecule is COc1nc(-c2cccc(-c3cccc(-c4cnc(CNCC[C@H]5CNC(=O)C5)c(OC)n4)c3Cl)c2Cl)cnc1CCC[C@@H]1CCC(=O)N1. The second-order valence-corrected chi connectivity index (χ2v) is 13.0. The largest absolute Gasteiger partial charge is 0.480 e. The van der Waals surface area contributed by atoms with Crippen LogP contribution in [0.3, 0.4) is 0 Å². The van der Waals surface area contributed by atoms with Gasteiger partial charge >= 0.3 is 0 Å². The number of halogens is 2. The predicted octanol–water partition coefficient (Wildman–Crippen LogP) is 5.81. The maximum atomic E-state index is 11.5. The van der Waals surface area contributed by atoms with Gasteiger partial charge in [-0.1, -0.05) is 59.6 Å². The fraction of sp³-hybridized carbons (Fsp3) is 0.389. The molecule has 256 valence electrons. The van der Waals surface area contributed by atoms with Crippen molar-refractivity contribution in [3.63, 3.8) is 0 Å². The van der Waals surface area contributed by atoms with Gasteiger partial charge < -0.3 is 25.4 Å². The number of carbonyl (C=O) groups is 2. The molecule has 2 aliphatic heterocycles. The third kappa shape index (κ3) is 8.12. The zero-order valence-electron chi connectivity index (χ0n) is 27.5. The van der Waals surface area contributed by atoms with Gasteiger partial charge in [0.25, 0.3) is 0 Å². The van der Waals surface area contributed by atoms with E-state index in [-0.39, 0.29) is 17.9 Å². The van der Waals surface area contributed by atoms with E-state index in [1.807, 2.05) is 36.4 Å². The minimum absolute atomic E-state index is 0.117. The van der Waals surface area contributed by atoms with Crippen molar-refractivity contribution < 1.29 is 19.1 Å². The topological polar surface area (TPSA) is 140 Å². The number of methoxy groups -OCH3 is 2. The van der Waals surface area contributed by atoms with Crippen LogP contribution in [0.5, 0.6) is 11.8 Å². The monoisotopic (exact) mass is 703 g/mol. The molecule has 0 bridgehead atoms. The molecule has 3 N–H and O–H groups in total. The summed E-state index contributed by atoms with van der Waals surface area (Å²) in [6, 6.07) is 11.6. The summed E-state index contributed by atoms with van der Waals surface area (Å²) in [6.45, 7) is 1.97. The van der Waals surface area contributed by atoms with Crippen molar-refractivity contribution in [1.82, 2.24) is 35.9 Å². The van der Waals surface area contributed by atoms with E-state index < -0.39 is 0 Å². The molecule has 4 heterocycles. The number of ether oxygens (including phenoxy) is 2. The van der Waals surface area contributed by atoms with Crippen LogP contribution in [0.25, 0.3) is 33.6 Å². The number of hydrogen-bond donors (Lipinski definition) is 3. The van der Waals surface area contributed by atoms with Crippen molar-refractivity contribution in [1.29, 1.82) is 0 Å². The standard InChI is InChI=1S/C36H39Cl2N7O4/c1-48-35-27(11-3-6-22-12-13-31(46)43-22)40-19-28(44-35)25-9-4-7-23(33(25)37)24-8-5-10-26(34(24)38)29-20-41-30(36(45-29)49-2)18-39-15-14-21-16-32(47)42-17-21/h4-5,7-10,19-22,39H,3,6,11-18H2,1-2H3,(H,42,47)(H,43,46)/t21-,22-/m1/s1. The summed E-state index contributed by atoms with van der Waals surface area (Å²) >= 11 is 14.1. The number of benzene rings is 2. The molecule has 2 fully saturated rings. The van der Waals surface area contributed by atoms with Gasteiger partial charge in [-0.3, -0.25) is 19.6 Å². The van der Waals surface area contributed by atoms with Gasteiger partial charge in [0.2, 0.25) is 23.6 Å². The highest BCUT2D eigenvalue weighted by Gasteiger charge is 2.23. The van der Waals surface area contributed by atoms with E-state index in [1.54, 1.807) is 26.6 Å². The van der Waals surface area contributed by atoms with Crippen molar-refractivity contribution in [3.05, 3.63) is 70.2 Å². The van der Waals surface area contributed by atoms with Gasteiger partial charge in [0, 0.05) is 54.2 Å². The van der Waals surface area contributed by atoms with Crippen LogP contribution in [-0.4, -0.2) is 65.1 Å². The minimum atomic E-state index is 0.117. The van der Waals surface area contributed by atoms with E-state index in [0.29, 0.717) is 81.7 Å². The highest BCUT2D eigenvalue weighted by atomic mass is 35.5. The zero-order valence-corrected chi connectivity index (χ0v) is 29.0. The van der Waals surface area contributed by atoms with Crippen LogP contribution in [0.2, 0.25) is 10.0 Å². The predicted molar refractivity (Wildman–Crippen MR) is 189 cm³/mol. The number of hydrogen-bond acceptors (Lipinski definition) is 9. The highest BCUT2D eigenvalue weighted by Crippen LogP contribution is 2.42. The fourth-order valence-corrected chi connectivity index (χ4v) is 6.99. The van der Waals surface area contributed by atoms with Gasteiger partial charge in [-0.15, -0.1) is 0 Å². The lowest BCUT2D eigenvalue weighted by Crippen LogP contribution is -2.25. The Balaban J connectivity index is 1.18. The van der Waals surface area contributed by atoms with Crippen LogP contribution >= 0.6 is 23.2 Å². The van der Waals surface area contributed by atoms with Crippen molar-refractivity contribution in [2.24, 2.45) is 5.92 Å². The molecule has 4 aromatic rings. The second kappa shape index (κ2) is 15.9. The number of aryl methyl sites for hydroxylation is 1. The van der Waals surface area contributed by atoms with E-state index >= 15 is 0 Å². The Morgan fingerprint density at radius 1 is 0.837 bits per heavy atom. The Labute approximate surface area is 295 Å². The lowest BCUT2D eigenvalue weighted by atomic mass is 9.98. The molecule has 2 aromatic heterocycles. The number of carbonyl (C=O) groups excluding carboxylic acids is 2. The summed E-state index contributed by atoms with van der Waals surface area (Å²) in [6.07, 6.45) is 8.78. The maximum Gasteiger partial charge on any atom is 0.237 e. The molecular formula is C36H39Cl2N7O4. The van der Waals surface area contributed by atoms with Crippen molar-refractivity contribution in [2.45, 2.75) is 57.5 Å². The first-order valence-electron chi connectivity index (χ1n) is 16.5. The number of nitrogens with one attached hydrogen (secondary N) is 3.